The number of benzene rings is 2. The van der Waals surface area contributed by atoms with Gasteiger partial charge in [-0.15, -0.1) is 0 Å². The van der Waals surface area contributed by atoms with E-state index >= 15 is 0 Å². The van der Waals surface area contributed by atoms with Gasteiger partial charge in [0.15, 0.2) is 0 Å². The van der Waals surface area contributed by atoms with E-state index in [-0.39, 0.29) is 12.3 Å². The minimum Gasteiger partial charge on any atom is -0.481 e. The monoisotopic (exact) mass is 415 g/mol. The molecule has 21 heavy (non-hydrogen) atoms. The number of hydrogen-bond acceptors (Lipinski definition) is 2. The molecule has 108 valence electrons. The van der Waals surface area contributed by atoms with Crippen molar-refractivity contribution in [1.29, 1.82) is 0 Å². The second-order valence-corrected chi connectivity index (χ2v) is 6.00. The van der Waals surface area contributed by atoms with Gasteiger partial charge in [0.05, 0.1) is 17.0 Å². The minimum absolute atomic E-state index is 0.0447. The average Bonchev–Trinajstić information content (AvgIpc) is 2.43. The number of halogens is 2. The van der Waals surface area contributed by atoms with E-state index < -0.39 is 5.97 Å². The van der Waals surface area contributed by atoms with Gasteiger partial charge in [0, 0.05) is 9.26 Å². The second-order valence-electron chi connectivity index (χ2n) is 4.35. The van der Waals surface area contributed by atoms with E-state index in [2.05, 4.69) is 27.9 Å². The van der Waals surface area contributed by atoms with E-state index in [1.165, 1.54) is 0 Å². The number of carboxylic acid groups (broad SMARTS) is 1. The Kier molecular flexibility index (Phi) is 5.19. The highest BCUT2D eigenvalue weighted by Gasteiger charge is 2.11. The molecule has 2 aromatic carbocycles. The maximum absolute atomic E-state index is 12.2. The Labute approximate surface area is 140 Å². The van der Waals surface area contributed by atoms with Crippen LogP contribution in [0.2, 0.25) is 5.02 Å². The Balaban J connectivity index is 2.12. The molecule has 0 spiro atoms. The Morgan fingerprint density at radius 2 is 1.81 bits per heavy atom. The third-order valence-corrected chi connectivity index (χ3v) is 3.74. The Bertz CT molecular complexity index is 686. The molecule has 0 aliphatic heterocycles. The summed E-state index contributed by atoms with van der Waals surface area (Å²) in [4.78, 5) is 22.8. The molecule has 0 bridgehead atoms. The van der Waals surface area contributed by atoms with Gasteiger partial charge in [0.2, 0.25) is 0 Å². The van der Waals surface area contributed by atoms with Crippen molar-refractivity contribution >= 4 is 51.8 Å². The van der Waals surface area contributed by atoms with Gasteiger partial charge in [0.25, 0.3) is 5.91 Å². The number of nitrogens with one attached hydrogen (secondary N) is 1. The van der Waals surface area contributed by atoms with Crippen molar-refractivity contribution in [2.75, 3.05) is 5.32 Å². The molecule has 0 fully saturated rings. The van der Waals surface area contributed by atoms with Gasteiger partial charge in [-0.3, -0.25) is 9.59 Å². The lowest BCUT2D eigenvalue weighted by molar-refractivity contribution is -0.136. The van der Waals surface area contributed by atoms with Gasteiger partial charge in [0.1, 0.15) is 0 Å². The zero-order chi connectivity index (χ0) is 15.4. The first kappa shape index (κ1) is 15.8. The molecule has 0 atom stereocenters. The minimum atomic E-state index is -0.891. The summed E-state index contributed by atoms with van der Waals surface area (Å²) in [6, 6.07) is 11.9. The van der Waals surface area contributed by atoms with Gasteiger partial charge in [-0.05, 0) is 58.5 Å². The summed E-state index contributed by atoms with van der Waals surface area (Å²) in [6.07, 6.45) is -0.0447. The summed E-state index contributed by atoms with van der Waals surface area (Å²) in [5.74, 6) is -1.19. The summed E-state index contributed by atoms with van der Waals surface area (Å²) >= 11 is 8.12. The van der Waals surface area contributed by atoms with Crippen molar-refractivity contribution in [3.63, 3.8) is 0 Å². The Morgan fingerprint density at radius 1 is 1.14 bits per heavy atom. The number of amides is 1. The van der Waals surface area contributed by atoms with Crippen LogP contribution in [0.1, 0.15) is 15.9 Å². The molecule has 1 amide bonds. The van der Waals surface area contributed by atoms with Crippen LogP contribution in [-0.4, -0.2) is 17.0 Å². The molecule has 6 heteroatoms. The fraction of sp³-hybridized carbons (Fsp3) is 0.0667. The third-order valence-electron chi connectivity index (χ3n) is 2.74. The fourth-order valence-electron chi connectivity index (χ4n) is 1.75. The maximum atomic E-state index is 12.2. The van der Waals surface area contributed by atoms with Gasteiger partial charge >= 0.3 is 5.97 Å². The van der Waals surface area contributed by atoms with Crippen LogP contribution < -0.4 is 5.32 Å². The van der Waals surface area contributed by atoms with E-state index in [0.717, 1.165) is 3.57 Å². The molecular formula is C15H11ClINO3. The van der Waals surface area contributed by atoms with Crippen molar-refractivity contribution in [1.82, 2.24) is 0 Å². The summed E-state index contributed by atoms with van der Waals surface area (Å²) < 4.78 is 0.916. The molecule has 0 unspecified atom stereocenters. The predicted molar refractivity (Wildman–Crippen MR) is 89.9 cm³/mol. The number of carboxylic acids is 1. The molecule has 0 aliphatic rings. The van der Waals surface area contributed by atoms with Gasteiger partial charge in [-0.1, -0.05) is 23.7 Å². The van der Waals surface area contributed by atoms with E-state index in [0.29, 0.717) is 21.8 Å². The molecule has 2 N–H and O–H groups in total. The van der Waals surface area contributed by atoms with Gasteiger partial charge in [-0.25, -0.2) is 0 Å². The number of rotatable bonds is 4. The van der Waals surface area contributed by atoms with Crippen LogP contribution in [-0.2, 0) is 11.2 Å². The smallest absolute Gasteiger partial charge is 0.307 e. The lowest BCUT2D eigenvalue weighted by Crippen LogP contribution is -2.12. The molecule has 2 rings (SSSR count). The van der Waals surface area contributed by atoms with Crippen molar-refractivity contribution in [3.8, 4) is 0 Å². The van der Waals surface area contributed by atoms with E-state index in [1.807, 2.05) is 6.07 Å². The fourth-order valence-corrected chi connectivity index (χ4v) is 2.45. The molecule has 0 heterocycles. The number of anilines is 1. The zero-order valence-corrected chi connectivity index (χ0v) is 13.7. The maximum Gasteiger partial charge on any atom is 0.307 e. The lowest BCUT2D eigenvalue weighted by atomic mass is 10.1. The highest BCUT2D eigenvalue weighted by Crippen LogP contribution is 2.20. The van der Waals surface area contributed by atoms with Crippen molar-refractivity contribution < 1.29 is 14.7 Å². The van der Waals surface area contributed by atoms with Crippen molar-refractivity contribution in [2.45, 2.75) is 6.42 Å². The van der Waals surface area contributed by atoms with Gasteiger partial charge < -0.3 is 10.4 Å². The first-order valence-electron chi connectivity index (χ1n) is 6.03. The van der Waals surface area contributed by atoms with Crippen LogP contribution in [0, 0.1) is 3.57 Å². The predicted octanol–water partition coefficient (Wildman–Crippen LogP) is 3.82. The van der Waals surface area contributed by atoms with Crippen molar-refractivity contribution in [3.05, 3.63) is 62.2 Å². The van der Waals surface area contributed by atoms with E-state index in [4.69, 9.17) is 16.7 Å². The summed E-state index contributed by atoms with van der Waals surface area (Å²) in [5, 5.41) is 11.8. The number of carbonyl (C=O) groups is 2. The molecular weight excluding hydrogens is 405 g/mol. The summed E-state index contributed by atoms with van der Waals surface area (Å²) in [6.45, 7) is 0. The molecule has 0 aromatic heterocycles. The summed E-state index contributed by atoms with van der Waals surface area (Å²) in [7, 11) is 0. The van der Waals surface area contributed by atoms with Crippen molar-refractivity contribution in [2.24, 2.45) is 0 Å². The Hall–Kier alpha value is -1.60. The number of carbonyl (C=O) groups excluding carboxylic acids is 1. The second kappa shape index (κ2) is 6.91. The average molecular weight is 416 g/mol. The zero-order valence-electron chi connectivity index (χ0n) is 10.8. The first-order chi connectivity index (χ1) is 9.95. The molecule has 0 saturated heterocycles. The van der Waals surface area contributed by atoms with Crippen LogP contribution in [0.15, 0.2) is 42.5 Å². The van der Waals surface area contributed by atoms with Crippen LogP contribution in [0.25, 0.3) is 0 Å². The SMILES string of the molecule is O=C(O)Cc1ccc(NC(=O)c2cc(I)ccc2Cl)cc1. The number of hydrogen-bond donors (Lipinski definition) is 2. The molecule has 0 aliphatic carbocycles. The first-order valence-corrected chi connectivity index (χ1v) is 7.48. The molecule has 0 radical (unpaired) electrons. The highest BCUT2D eigenvalue weighted by atomic mass is 127. The topological polar surface area (TPSA) is 66.4 Å². The lowest BCUT2D eigenvalue weighted by Gasteiger charge is -2.08. The molecule has 2 aromatic rings. The van der Waals surface area contributed by atoms with Crippen LogP contribution >= 0.6 is 34.2 Å². The van der Waals surface area contributed by atoms with Crippen LogP contribution in [0.3, 0.4) is 0 Å². The quantitative estimate of drug-likeness (QED) is 0.746. The normalized spacial score (nSPS) is 10.2. The molecule has 4 nitrogen and oxygen atoms in total. The van der Waals surface area contributed by atoms with E-state index in [9.17, 15) is 9.59 Å². The van der Waals surface area contributed by atoms with Crippen LogP contribution in [0.5, 0.6) is 0 Å². The summed E-state index contributed by atoms with van der Waals surface area (Å²) in [5.41, 5.74) is 1.66. The third kappa shape index (κ3) is 4.44. The Morgan fingerprint density at radius 3 is 2.43 bits per heavy atom. The number of aliphatic carboxylic acids is 1. The highest BCUT2D eigenvalue weighted by molar-refractivity contribution is 14.1. The largest absolute Gasteiger partial charge is 0.481 e. The van der Waals surface area contributed by atoms with E-state index in [1.54, 1.807) is 36.4 Å². The van der Waals surface area contributed by atoms with Gasteiger partial charge in [-0.2, -0.15) is 0 Å². The van der Waals surface area contributed by atoms with Crippen LogP contribution in [0.4, 0.5) is 5.69 Å². The molecule has 0 saturated carbocycles. The standard InChI is InChI=1S/C15H11ClINO3/c16-13-6-3-10(17)8-12(13)15(21)18-11-4-1-9(2-5-11)7-14(19)20/h1-6,8H,7H2,(H,18,21)(H,19,20).